The first kappa shape index (κ1) is 16.4. The van der Waals surface area contributed by atoms with Gasteiger partial charge in [0.2, 0.25) is 0 Å². The molecule has 0 fully saturated rings. The highest BCUT2D eigenvalue weighted by atomic mass is 16.5. The number of fused-ring (bicyclic) bond motifs is 1. The van der Waals surface area contributed by atoms with Crippen molar-refractivity contribution in [3.63, 3.8) is 0 Å². The first-order valence-corrected chi connectivity index (χ1v) is 8.47. The first-order valence-electron chi connectivity index (χ1n) is 8.47. The molecule has 0 bridgehead atoms. The molecule has 0 spiro atoms. The summed E-state index contributed by atoms with van der Waals surface area (Å²) in [5, 5.41) is 3.76. The molecule has 3 unspecified atom stereocenters. The Labute approximate surface area is 129 Å². The van der Waals surface area contributed by atoms with Gasteiger partial charge in [-0.15, -0.1) is 0 Å². The quantitative estimate of drug-likeness (QED) is 0.793. The Bertz CT molecular complexity index is 449. The van der Waals surface area contributed by atoms with Gasteiger partial charge in [-0.25, -0.2) is 0 Å². The van der Waals surface area contributed by atoms with E-state index in [9.17, 15) is 0 Å². The van der Waals surface area contributed by atoms with Crippen LogP contribution in [0.2, 0.25) is 0 Å². The van der Waals surface area contributed by atoms with Crippen LogP contribution in [-0.2, 0) is 11.2 Å². The number of nitrogens with one attached hydrogen (secondary N) is 1. The summed E-state index contributed by atoms with van der Waals surface area (Å²) in [4.78, 5) is 4.68. The number of nitrogens with zero attached hydrogens (tertiary/aromatic N) is 1. The van der Waals surface area contributed by atoms with Gasteiger partial charge in [0.25, 0.3) is 0 Å². The number of aryl methyl sites for hydroxylation is 1. The summed E-state index contributed by atoms with van der Waals surface area (Å²) < 4.78 is 6.17. The second-order valence-corrected chi connectivity index (χ2v) is 6.22. The molecule has 0 saturated carbocycles. The highest BCUT2D eigenvalue weighted by Crippen LogP contribution is 2.39. The van der Waals surface area contributed by atoms with Crippen molar-refractivity contribution in [1.29, 1.82) is 0 Å². The molecule has 1 aromatic rings. The lowest BCUT2D eigenvalue weighted by Crippen LogP contribution is -2.53. The SMILES string of the molecule is CCCNC(C1CCc2cccnc21)C(C)(CC)OCC. The smallest absolute Gasteiger partial charge is 0.0810 e. The van der Waals surface area contributed by atoms with Gasteiger partial charge in [-0.1, -0.05) is 19.9 Å². The average Bonchev–Trinajstić information content (AvgIpc) is 2.92. The Morgan fingerprint density at radius 1 is 1.43 bits per heavy atom. The summed E-state index contributed by atoms with van der Waals surface area (Å²) in [6, 6.07) is 4.61. The van der Waals surface area contributed by atoms with E-state index < -0.39 is 0 Å². The fourth-order valence-electron chi connectivity index (χ4n) is 3.59. The number of rotatable bonds is 8. The van der Waals surface area contributed by atoms with Crippen molar-refractivity contribution in [2.24, 2.45) is 0 Å². The maximum absolute atomic E-state index is 6.17. The van der Waals surface area contributed by atoms with E-state index in [1.165, 1.54) is 17.7 Å². The average molecular weight is 290 g/mol. The zero-order chi connectivity index (χ0) is 15.3. The van der Waals surface area contributed by atoms with E-state index in [1.807, 2.05) is 6.20 Å². The van der Waals surface area contributed by atoms with Gasteiger partial charge < -0.3 is 10.1 Å². The number of hydrogen-bond donors (Lipinski definition) is 1. The minimum absolute atomic E-state index is 0.131. The summed E-state index contributed by atoms with van der Waals surface area (Å²) in [5.41, 5.74) is 2.57. The molecule has 118 valence electrons. The summed E-state index contributed by atoms with van der Waals surface area (Å²) in [7, 11) is 0. The van der Waals surface area contributed by atoms with Crippen molar-refractivity contribution in [2.75, 3.05) is 13.2 Å². The van der Waals surface area contributed by atoms with E-state index >= 15 is 0 Å². The van der Waals surface area contributed by atoms with Crippen LogP contribution in [0.1, 0.15) is 64.1 Å². The Morgan fingerprint density at radius 2 is 2.24 bits per heavy atom. The van der Waals surface area contributed by atoms with Crippen LogP contribution >= 0.6 is 0 Å². The summed E-state index contributed by atoms with van der Waals surface area (Å²) >= 11 is 0. The van der Waals surface area contributed by atoms with E-state index in [4.69, 9.17) is 4.74 Å². The fourth-order valence-corrected chi connectivity index (χ4v) is 3.59. The lowest BCUT2D eigenvalue weighted by Gasteiger charge is -2.41. The minimum atomic E-state index is -0.131. The van der Waals surface area contributed by atoms with Crippen LogP contribution < -0.4 is 5.32 Å². The van der Waals surface area contributed by atoms with Gasteiger partial charge in [0.15, 0.2) is 0 Å². The van der Waals surface area contributed by atoms with Gasteiger partial charge in [0, 0.05) is 30.5 Å². The molecule has 3 nitrogen and oxygen atoms in total. The van der Waals surface area contributed by atoms with Crippen LogP contribution in [-0.4, -0.2) is 29.8 Å². The first-order chi connectivity index (χ1) is 10.2. The maximum Gasteiger partial charge on any atom is 0.0810 e. The number of pyridine rings is 1. The number of hydrogen-bond acceptors (Lipinski definition) is 3. The third-order valence-electron chi connectivity index (χ3n) is 4.85. The Hall–Kier alpha value is -0.930. The third-order valence-corrected chi connectivity index (χ3v) is 4.85. The maximum atomic E-state index is 6.17. The second kappa shape index (κ2) is 7.37. The molecule has 1 aliphatic carbocycles. The Kier molecular flexibility index (Phi) is 5.77. The molecular weight excluding hydrogens is 260 g/mol. The molecule has 1 aromatic heterocycles. The molecule has 2 rings (SSSR count). The van der Waals surface area contributed by atoms with E-state index in [2.05, 4.69) is 50.1 Å². The second-order valence-electron chi connectivity index (χ2n) is 6.22. The molecule has 3 heteroatoms. The molecule has 1 heterocycles. The van der Waals surface area contributed by atoms with Gasteiger partial charge in [-0.05, 0) is 57.7 Å². The normalized spacial score (nSPS) is 21.8. The Balaban J connectivity index is 2.28. The highest BCUT2D eigenvalue weighted by Gasteiger charge is 2.42. The monoisotopic (exact) mass is 290 g/mol. The van der Waals surface area contributed by atoms with E-state index in [0.29, 0.717) is 12.0 Å². The molecule has 0 aromatic carbocycles. The highest BCUT2D eigenvalue weighted by molar-refractivity contribution is 5.31. The molecule has 1 aliphatic rings. The van der Waals surface area contributed by atoms with Crippen molar-refractivity contribution in [3.05, 3.63) is 29.6 Å². The van der Waals surface area contributed by atoms with Gasteiger partial charge >= 0.3 is 0 Å². The van der Waals surface area contributed by atoms with Crippen LogP contribution in [0, 0.1) is 0 Å². The topological polar surface area (TPSA) is 34.2 Å². The van der Waals surface area contributed by atoms with Crippen molar-refractivity contribution < 1.29 is 4.74 Å². The molecule has 0 radical (unpaired) electrons. The zero-order valence-corrected chi connectivity index (χ0v) is 14.0. The van der Waals surface area contributed by atoms with Crippen LogP contribution in [0.25, 0.3) is 0 Å². The molecule has 21 heavy (non-hydrogen) atoms. The van der Waals surface area contributed by atoms with Crippen LogP contribution in [0.3, 0.4) is 0 Å². The molecule has 0 aliphatic heterocycles. The van der Waals surface area contributed by atoms with Crippen LogP contribution in [0.5, 0.6) is 0 Å². The predicted molar refractivity (Wildman–Crippen MR) is 87.7 cm³/mol. The van der Waals surface area contributed by atoms with E-state index in [0.717, 1.165) is 32.4 Å². The van der Waals surface area contributed by atoms with Crippen LogP contribution in [0.4, 0.5) is 0 Å². The Morgan fingerprint density at radius 3 is 2.90 bits per heavy atom. The summed E-state index contributed by atoms with van der Waals surface area (Å²) in [5.74, 6) is 0.462. The van der Waals surface area contributed by atoms with Gasteiger partial charge in [0.1, 0.15) is 0 Å². The lowest BCUT2D eigenvalue weighted by atomic mass is 9.82. The van der Waals surface area contributed by atoms with E-state index in [1.54, 1.807) is 0 Å². The fraction of sp³-hybridized carbons (Fsp3) is 0.722. The van der Waals surface area contributed by atoms with Gasteiger partial charge in [-0.3, -0.25) is 4.98 Å². The summed E-state index contributed by atoms with van der Waals surface area (Å²) in [6.45, 7) is 10.6. The third kappa shape index (κ3) is 3.46. The summed E-state index contributed by atoms with van der Waals surface area (Å²) in [6.07, 6.45) is 6.41. The zero-order valence-electron chi connectivity index (χ0n) is 14.0. The largest absolute Gasteiger partial charge is 0.374 e. The van der Waals surface area contributed by atoms with Crippen molar-refractivity contribution in [1.82, 2.24) is 10.3 Å². The molecule has 3 atom stereocenters. The van der Waals surface area contributed by atoms with Crippen molar-refractivity contribution in [3.8, 4) is 0 Å². The number of ether oxygens (including phenoxy) is 1. The predicted octanol–water partition coefficient (Wildman–Crippen LogP) is 3.68. The minimum Gasteiger partial charge on any atom is -0.374 e. The lowest BCUT2D eigenvalue weighted by molar-refractivity contribution is -0.0616. The number of aromatic nitrogens is 1. The molecule has 1 N–H and O–H groups in total. The molecule has 0 amide bonds. The van der Waals surface area contributed by atoms with Gasteiger partial charge in [-0.2, -0.15) is 0 Å². The van der Waals surface area contributed by atoms with Crippen molar-refractivity contribution in [2.45, 2.75) is 70.9 Å². The van der Waals surface area contributed by atoms with Crippen molar-refractivity contribution >= 4 is 0 Å². The van der Waals surface area contributed by atoms with E-state index in [-0.39, 0.29) is 5.60 Å². The standard InChI is InChI=1S/C18H30N2O/c1-5-12-20-17(18(4,6-2)21-7-3)15-11-10-14-9-8-13-19-16(14)15/h8-9,13,15,17,20H,5-7,10-12H2,1-4H3. The van der Waals surface area contributed by atoms with Crippen LogP contribution in [0.15, 0.2) is 18.3 Å². The molecular formula is C18H30N2O. The molecule has 0 saturated heterocycles. The van der Waals surface area contributed by atoms with Gasteiger partial charge in [0.05, 0.1) is 5.60 Å².